The Balaban J connectivity index is 1.71. The van der Waals surface area contributed by atoms with E-state index in [1.54, 1.807) is 45.3 Å². The normalized spacial score (nSPS) is 11.8. The van der Waals surface area contributed by atoms with Gasteiger partial charge in [0.2, 0.25) is 0 Å². The molecule has 3 aromatic rings. The van der Waals surface area contributed by atoms with Gasteiger partial charge in [-0.3, -0.25) is 4.79 Å². The number of nitrogens with one attached hydrogen (secondary N) is 1. The molecule has 0 fully saturated rings. The van der Waals surface area contributed by atoms with Gasteiger partial charge in [-0.15, -0.1) is 11.3 Å². The third-order valence-electron chi connectivity index (χ3n) is 3.53. The summed E-state index contributed by atoms with van der Waals surface area (Å²) in [6.07, 6.45) is 2.54. The molecular weight excluding hydrogens is 370 g/mol. The quantitative estimate of drug-likeness (QED) is 0.641. The summed E-state index contributed by atoms with van der Waals surface area (Å²) in [6, 6.07) is 3.27. The predicted octanol–water partition coefficient (Wildman–Crippen LogP) is 2.78. The van der Waals surface area contributed by atoms with Crippen LogP contribution in [0.15, 0.2) is 29.0 Å². The summed E-state index contributed by atoms with van der Waals surface area (Å²) in [4.78, 5) is 37.7. The van der Waals surface area contributed by atoms with Crippen LogP contribution in [-0.2, 0) is 9.53 Å². The fraction of sp³-hybridized carbons (Fsp3) is 0.294. The number of aryl methyl sites for hydroxylation is 2. The van der Waals surface area contributed by atoms with Gasteiger partial charge in [-0.05, 0) is 26.3 Å². The Morgan fingerprint density at radius 1 is 1.30 bits per heavy atom. The first kappa shape index (κ1) is 18.6. The van der Waals surface area contributed by atoms with Crippen LogP contribution < -0.4 is 5.32 Å². The van der Waals surface area contributed by atoms with E-state index in [2.05, 4.69) is 25.4 Å². The maximum Gasteiger partial charge on any atom is 0.351 e. The number of thiazole rings is 1. The Hall–Kier alpha value is -3.14. The second-order valence-electron chi connectivity index (χ2n) is 5.62. The molecule has 0 aliphatic heterocycles. The molecule has 3 rings (SSSR count). The summed E-state index contributed by atoms with van der Waals surface area (Å²) in [5.74, 6) is 0.157. The van der Waals surface area contributed by atoms with Crippen molar-refractivity contribution in [1.82, 2.24) is 20.1 Å². The Labute approximate surface area is 158 Å². The molecule has 0 bridgehead atoms. The Morgan fingerprint density at radius 2 is 2.04 bits per heavy atom. The van der Waals surface area contributed by atoms with Crippen molar-refractivity contribution in [3.63, 3.8) is 0 Å². The summed E-state index contributed by atoms with van der Waals surface area (Å²) in [7, 11) is 0. The molecule has 0 aliphatic rings. The van der Waals surface area contributed by atoms with Crippen LogP contribution in [0, 0.1) is 13.8 Å². The second-order valence-corrected chi connectivity index (χ2v) is 6.62. The van der Waals surface area contributed by atoms with Crippen molar-refractivity contribution in [2.75, 3.05) is 5.32 Å². The fourth-order valence-electron chi connectivity index (χ4n) is 2.23. The standard InChI is InChI=1S/C17H17N5O4S/c1-4-11(15(23)21-12-8-9(2)26-22-12)25-17(24)13-10(3)20-16(27-13)14-18-6-5-7-19-14/h5-8,11H,4H2,1-3H3,(H,21,22,23). The molecular formula is C17H17N5O4S. The second kappa shape index (κ2) is 8.04. The highest BCUT2D eigenvalue weighted by atomic mass is 32.1. The lowest BCUT2D eigenvalue weighted by Gasteiger charge is -2.14. The molecule has 0 saturated heterocycles. The maximum absolute atomic E-state index is 12.5. The van der Waals surface area contributed by atoms with E-state index in [-0.39, 0.29) is 5.82 Å². The summed E-state index contributed by atoms with van der Waals surface area (Å²) in [5.41, 5.74) is 0.495. The minimum Gasteiger partial charge on any atom is -0.448 e. The van der Waals surface area contributed by atoms with Crippen molar-refractivity contribution >= 4 is 29.0 Å². The van der Waals surface area contributed by atoms with E-state index in [1.165, 1.54) is 0 Å². The lowest BCUT2D eigenvalue weighted by atomic mass is 10.2. The maximum atomic E-state index is 12.5. The van der Waals surface area contributed by atoms with Crippen LogP contribution in [0.2, 0.25) is 0 Å². The zero-order valence-electron chi connectivity index (χ0n) is 14.9. The Bertz CT molecular complexity index is 953. The molecule has 0 aromatic carbocycles. The van der Waals surface area contributed by atoms with Gasteiger partial charge in [0.25, 0.3) is 5.91 Å². The number of anilines is 1. The number of carbonyl (C=O) groups is 2. The van der Waals surface area contributed by atoms with E-state index in [0.29, 0.717) is 33.6 Å². The van der Waals surface area contributed by atoms with E-state index in [0.717, 1.165) is 11.3 Å². The molecule has 3 heterocycles. The van der Waals surface area contributed by atoms with Gasteiger partial charge in [-0.2, -0.15) is 0 Å². The van der Waals surface area contributed by atoms with Crippen molar-refractivity contribution in [2.45, 2.75) is 33.3 Å². The van der Waals surface area contributed by atoms with Crippen LogP contribution >= 0.6 is 11.3 Å². The van der Waals surface area contributed by atoms with Gasteiger partial charge >= 0.3 is 5.97 Å². The lowest BCUT2D eigenvalue weighted by molar-refractivity contribution is -0.124. The highest BCUT2D eigenvalue weighted by Gasteiger charge is 2.26. The topological polar surface area (TPSA) is 120 Å². The summed E-state index contributed by atoms with van der Waals surface area (Å²) < 4.78 is 10.3. The number of nitrogens with zero attached hydrogens (tertiary/aromatic N) is 4. The molecule has 0 saturated carbocycles. The molecule has 140 valence electrons. The summed E-state index contributed by atoms with van der Waals surface area (Å²) in [6.45, 7) is 5.15. The predicted molar refractivity (Wildman–Crippen MR) is 97.2 cm³/mol. The van der Waals surface area contributed by atoms with Gasteiger partial charge in [0.1, 0.15) is 10.6 Å². The van der Waals surface area contributed by atoms with Crippen LogP contribution in [-0.4, -0.2) is 38.1 Å². The zero-order valence-corrected chi connectivity index (χ0v) is 15.7. The molecule has 3 aromatic heterocycles. The molecule has 0 radical (unpaired) electrons. The largest absolute Gasteiger partial charge is 0.448 e. The van der Waals surface area contributed by atoms with Gasteiger partial charge in [-0.25, -0.2) is 19.7 Å². The lowest BCUT2D eigenvalue weighted by Crippen LogP contribution is -2.32. The molecule has 27 heavy (non-hydrogen) atoms. The smallest absolute Gasteiger partial charge is 0.351 e. The molecule has 1 amide bonds. The van der Waals surface area contributed by atoms with Gasteiger partial charge in [-0.1, -0.05) is 12.1 Å². The Kier molecular flexibility index (Phi) is 5.55. The number of amides is 1. The van der Waals surface area contributed by atoms with E-state index >= 15 is 0 Å². The van der Waals surface area contributed by atoms with Crippen LogP contribution in [0.25, 0.3) is 10.8 Å². The summed E-state index contributed by atoms with van der Waals surface area (Å²) in [5, 5.41) is 6.76. The zero-order chi connectivity index (χ0) is 19.4. The van der Waals surface area contributed by atoms with Crippen LogP contribution in [0.4, 0.5) is 5.82 Å². The number of rotatable bonds is 6. The molecule has 1 unspecified atom stereocenters. The average Bonchev–Trinajstić information content (AvgIpc) is 3.25. The first-order valence-corrected chi connectivity index (χ1v) is 8.99. The number of hydrogen-bond donors (Lipinski definition) is 1. The summed E-state index contributed by atoms with van der Waals surface area (Å²) >= 11 is 1.12. The number of hydrogen-bond acceptors (Lipinski definition) is 9. The minimum absolute atomic E-state index is 0.268. The van der Waals surface area contributed by atoms with E-state index in [9.17, 15) is 9.59 Å². The fourth-order valence-corrected chi connectivity index (χ4v) is 3.13. The monoisotopic (exact) mass is 387 g/mol. The number of ether oxygens (including phenoxy) is 1. The van der Waals surface area contributed by atoms with E-state index in [1.807, 2.05) is 0 Å². The number of carbonyl (C=O) groups excluding carboxylic acids is 2. The van der Waals surface area contributed by atoms with Crippen molar-refractivity contribution in [2.24, 2.45) is 0 Å². The third kappa shape index (κ3) is 4.34. The minimum atomic E-state index is -0.965. The van der Waals surface area contributed by atoms with Gasteiger partial charge in [0.15, 0.2) is 22.8 Å². The first-order valence-electron chi connectivity index (χ1n) is 8.18. The van der Waals surface area contributed by atoms with Gasteiger partial charge < -0.3 is 14.6 Å². The molecule has 0 aliphatic carbocycles. The average molecular weight is 387 g/mol. The molecule has 1 atom stereocenters. The molecule has 0 spiro atoms. The van der Waals surface area contributed by atoms with Crippen molar-refractivity contribution in [3.05, 3.63) is 40.9 Å². The highest BCUT2D eigenvalue weighted by Crippen LogP contribution is 2.26. The third-order valence-corrected chi connectivity index (χ3v) is 4.66. The van der Waals surface area contributed by atoms with Crippen LogP contribution in [0.3, 0.4) is 0 Å². The number of esters is 1. The Morgan fingerprint density at radius 3 is 2.67 bits per heavy atom. The van der Waals surface area contributed by atoms with E-state index < -0.39 is 18.0 Å². The SMILES string of the molecule is CCC(OC(=O)c1sc(-c2ncccn2)nc1C)C(=O)Nc1cc(C)on1. The van der Waals surface area contributed by atoms with Crippen molar-refractivity contribution < 1.29 is 18.8 Å². The van der Waals surface area contributed by atoms with E-state index in [4.69, 9.17) is 9.26 Å². The van der Waals surface area contributed by atoms with Gasteiger partial charge in [0.05, 0.1) is 5.69 Å². The molecule has 1 N–H and O–H groups in total. The highest BCUT2D eigenvalue weighted by molar-refractivity contribution is 7.16. The van der Waals surface area contributed by atoms with Crippen LogP contribution in [0.1, 0.15) is 34.5 Å². The van der Waals surface area contributed by atoms with Crippen molar-refractivity contribution in [1.29, 1.82) is 0 Å². The van der Waals surface area contributed by atoms with Crippen LogP contribution in [0.5, 0.6) is 0 Å². The number of aromatic nitrogens is 4. The molecule has 10 heteroatoms. The van der Waals surface area contributed by atoms with Crippen molar-refractivity contribution in [3.8, 4) is 10.8 Å². The first-order chi connectivity index (χ1) is 13.0. The van der Waals surface area contributed by atoms with Gasteiger partial charge in [0, 0.05) is 18.5 Å². The molecule has 9 nitrogen and oxygen atoms in total.